The zero-order valence-corrected chi connectivity index (χ0v) is 7.93. The SMILES string of the molecule is OC1(C2=CCCO2)CCC(F)(F)CC1. The second kappa shape index (κ2) is 3.19. The molecule has 0 saturated heterocycles. The summed E-state index contributed by atoms with van der Waals surface area (Å²) in [6, 6.07) is 0. The Hall–Kier alpha value is -0.640. The van der Waals surface area contributed by atoms with Gasteiger partial charge in [0.1, 0.15) is 11.4 Å². The van der Waals surface area contributed by atoms with Gasteiger partial charge in [0.05, 0.1) is 6.61 Å². The zero-order valence-electron chi connectivity index (χ0n) is 7.93. The molecule has 1 aliphatic carbocycles. The Morgan fingerprint density at radius 1 is 1.21 bits per heavy atom. The molecule has 0 radical (unpaired) electrons. The molecule has 2 aliphatic rings. The first-order chi connectivity index (χ1) is 6.52. The number of rotatable bonds is 1. The Bertz CT molecular complexity index is 251. The van der Waals surface area contributed by atoms with Crippen molar-refractivity contribution in [1.29, 1.82) is 0 Å². The van der Waals surface area contributed by atoms with Crippen LogP contribution in [0.2, 0.25) is 0 Å². The normalized spacial score (nSPS) is 29.5. The topological polar surface area (TPSA) is 29.5 Å². The molecule has 1 fully saturated rings. The van der Waals surface area contributed by atoms with Gasteiger partial charge in [0, 0.05) is 19.3 Å². The number of hydrogen-bond donors (Lipinski definition) is 1. The third kappa shape index (κ3) is 1.75. The molecule has 2 rings (SSSR count). The molecule has 14 heavy (non-hydrogen) atoms. The Balaban J connectivity index is 2.05. The quantitative estimate of drug-likeness (QED) is 0.709. The third-order valence-corrected chi connectivity index (χ3v) is 2.97. The molecule has 0 aromatic carbocycles. The van der Waals surface area contributed by atoms with E-state index in [4.69, 9.17) is 4.74 Å². The van der Waals surface area contributed by atoms with Crippen LogP contribution in [0.25, 0.3) is 0 Å². The van der Waals surface area contributed by atoms with Crippen LogP contribution in [0.1, 0.15) is 32.1 Å². The van der Waals surface area contributed by atoms with Crippen molar-refractivity contribution in [2.45, 2.75) is 43.6 Å². The highest BCUT2D eigenvalue weighted by Gasteiger charge is 2.45. The van der Waals surface area contributed by atoms with Gasteiger partial charge in [0.2, 0.25) is 5.92 Å². The molecule has 0 spiro atoms. The van der Waals surface area contributed by atoms with E-state index in [0.717, 1.165) is 6.42 Å². The Morgan fingerprint density at radius 3 is 2.36 bits per heavy atom. The third-order valence-electron chi connectivity index (χ3n) is 2.97. The summed E-state index contributed by atoms with van der Waals surface area (Å²) in [7, 11) is 0. The van der Waals surface area contributed by atoms with E-state index < -0.39 is 11.5 Å². The number of aliphatic hydroxyl groups is 1. The van der Waals surface area contributed by atoms with E-state index in [1.807, 2.05) is 6.08 Å². The minimum atomic E-state index is -2.61. The first kappa shape index (κ1) is 9.90. The van der Waals surface area contributed by atoms with Crippen LogP contribution in [0.4, 0.5) is 8.78 Å². The predicted octanol–water partition coefficient (Wildman–Crippen LogP) is 2.23. The monoisotopic (exact) mass is 204 g/mol. The molecule has 0 aromatic heterocycles. The van der Waals surface area contributed by atoms with Gasteiger partial charge in [-0.05, 0) is 18.9 Å². The number of hydrogen-bond acceptors (Lipinski definition) is 2. The van der Waals surface area contributed by atoms with Crippen molar-refractivity contribution in [1.82, 2.24) is 0 Å². The van der Waals surface area contributed by atoms with Gasteiger partial charge in [0.15, 0.2) is 0 Å². The lowest BCUT2D eigenvalue weighted by Crippen LogP contribution is -2.40. The summed E-state index contributed by atoms with van der Waals surface area (Å²) in [5, 5.41) is 10.1. The number of halogens is 2. The van der Waals surface area contributed by atoms with Crippen molar-refractivity contribution in [3.8, 4) is 0 Å². The fourth-order valence-corrected chi connectivity index (χ4v) is 2.02. The van der Waals surface area contributed by atoms with E-state index in [-0.39, 0.29) is 25.7 Å². The largest absolute Gasteiger partial charge is 0.495 e. The number of alkyl halides is 2. The van der Waals surface area contributed by atoms with Gasteiger partial charge in [0.25, 0.3) is 0 Å². The minimum Gasteiger partial charge on any atom is -0.495 e. The van der Waals surface area contributed by atoms with Crippen LogP contribution in [-0.2, 0) is 4.74 Å². The lowest BCUT2D eigenvalue weighted by molar-refractivity contribution is -0.103. The van der Waals surface area contributed by atoms with Crippen molar-refractivity contribution in [2.75, 3.05) is 6.61 Å². The van der Waals surface area contributed by atoms with Crippen molar-refractivity contribution >= 4 is 0 Å². The van der Waals surface area contributed by atoms with E-state index in [1.165, 1.54) is 0 Å². The maximum absolute atomic E-state index is 12.9. The molecule has 0 amide bonds. The first-order valence-corrected chi connectivity index (χ1v) is 4.96. The summed E-state index contributed by atoms with van der Waals surface area (Å²) >= 11 is 0. The van der Waals surface area contributed by atoms with Gasteiger partial charge in [-0.3, -0.25) is 0 Å². The summed E-state index contributed by atoms with van der Waals surface area (Å²) in [5.41, 5.74) is -1.13. The molecule has 1 heterocycles. The summed E-state index contributed by atoms with van der Waals surface area (Å²) in [5.74, 6) is -2.10. The maximum Gasteiger partial charge on any atom is 0.248 e. The molecular weight excluding hydrogens is 190 g/mol. The van der Waals surface area contributed by atoms with Gasteiger partial charge < -0.3 is 9.84 Å². The van der Waals surface area contributed by atoms with E-state index >= 15 is 0 Å². The van der Waals surface area contributed by atoms with E-state index in [9.17, 15) is 13.9 Å². The summed E-state index contributed by atoms with van der Waals surface area (Å²) in [6.07, 6.45) is 2.30. The zero-order chi connectivity index (χ0) is 10.2. The summed E-state index contributed by atoms with van der Waals surface area (Å²) in [4.78, 5) is 0. The molecule has 0 aromatic rings. The Morgan fingerprint density at radius 2 is 1.86 bits per heavy atom. The van der Waals surface area contributed by atoms with Gasteiger partial charge in [-0.25, -0.2) is 8.78 Å². The first-order valence-electron chi connectivity index (χ1n) is 4.96. The molecule has 0 unspecified atom stereocenters. The smallest absolute Gasteiger partial charge is 0.248 e. The predicted molar refractivity (Wildman–Crippen MR) is 47.0 cm³/mol. The lowest BCUT2D eigenvalue weighted by atomic mass is 9.81. The average Bonchev–Trinajstić information content (AvgIpc) is 2.64. The minimum absolute atomic E-state index is 0.103. The molecule has 1 aliphatic heterocycles. The van der Waals surface area contributed by atoms with Gasteiger partial charge >= 0.3 is 0 Å². The van der Waals surface area contributed by atoms with Gasteiger partial charge in [-0.1, -0.05) is 0 Å². The Labute approximate surface area is 81.6 Å². The van der Waals surface area contributed by atoms with Crippen molar-refractivity contribution in [3.63, 3.8) is 0 Å². The van der Waals surface area contributed by atoms with Crippen molar-refractivity contribution < 1.29 is 18.6 Å². The van der Waals surface area contributed by atoms with Gasteiger partial charge in [-0.2, -0.15) is 0 Å². The Kier molecular flexibility index (Phi) is 2.26. The van der Waals surface area contributed by atoms with Crippen LogP contribution in [-0.4, -0.2) is 23.2 Å². The summed E-state index contributed by atoms with van der Waals surface area (Å²) in [6.45, 7) is 0.564. The fourth-order valence-electron chi connectivity index (χ4n) is 2.02. The second-order valence-corrected chi connectivity index (χ2v) is 4.09. The van der Waals surface area contributed by atoms with Crippen LogP contribution >= 0.6 is 0 Å². The molecule has 0 atom stereocenters. The molecule has 0 bridgehead atoms. The van der Waals surface area contributed by atoms with Gasteiger partial charge in [-0.15, -0.1) is 0 Å². The highest BCUT2D eigenvalue weighted by molar-refractivity contribution is 5.15. The highest BCUT2D eigenvalue weighted by atomic mass is 19.3. The van der Waals surface area contributed by atoms with Crippen molar-refractivity contribution in [2.24, 2.45) is 0 Å². The molecule has 4 heteroatoms. The number of ether oxygens (including phenoxy) is 1. The highest BCUT2D eigenvalue weighted by Crippen LogP contribution is 2.42. The van der Waals surface area contributed by atoms with Crippen LogP contribution < -0.4 is 0 Å². The molecular formula is C10H14F2O2. The average molecular weight is 204 g/mol. The van der Waals surface area contributed by atoms with E-state index in [1.54, 1.807) is 0 Å². The molecule has 1 N–H and O–H groups in total. The van der Waals surface area contributed by atoms with Crippen LogP contribution in [0, 0.1) is 0 Å². The maximum atomic E-state index is 12.9. The second-order valence-electron chi connectivity index (χ2n) is 4.09. The van der Waals surface area contributed by atoms with Crippen LogP contribution in [0.15, 0.2) is 11.8 Å². The summed E-state index contributed by atoms with van der Waals surface area (Å²) < 4.78 is 31.0. The van der Waals surface area contributed by atoms with Crippen molar-refractivity contribution in [3.05, 3.63) is 11.8 Å². The van der Waals surface area contributed by atoms with E-state index in [0.29, 0.717) is 12.4 Å². The van der Waals surface area contributed by atoms with E-state index in [2.05, 4.69) is 0 Å². The molecule has 80 valence electrons. The molecule has 2 nitrogen and oxygen atoms in total. The lowest BCUT2D eigenvalue weighted by Gasteiger charge is -2.36. The fraction of sp³-hybridized carbons (Fsp3) is 0.800. The van der Waals surface area contributed by atoms with Crippen LogP contribution in [0.3, 0.4) is 0 Å². The standard InChI is InChI=1S/C10H14F2O2/c11-10(12)5-3-9(13,4-6-10)8-2-1-7-14-8/h2,13H,1,3-7H2. The molecule has 1 saturated carbocycles. The van der Waals surface area contributed by atoms with Crippen LogP contribution in [0.5, 0.6) is 0 Å².